The lowest BCUT2D eigenvalue weighted by molar-refractivity contribution is -0.840. The largest absolute Gasteiger partial charge is 0.507 e. The van der Waals surface area contributed by atoms with Gasteiger partial charge in [0.1, 0.15) is 17.6 Å². The Balaban J connectivity index is 2.09. The number of nitrogens with zero attached hydrogens (tertiary/aromatic N) is 1. The molecule has 1 unspecified atom stereocenters. The number of carbonyl (C=O) groups excluding carboxylic acids is 1. The van der Waals surface area contributed by atoms with Gasteiger partial charge in [0.15, 0.2) is 5.75 Å². The molecule has 0 fully saturated rings. The fourth-order valence-electron chi connectivity index (χ4n) is 2.99. The summed E-state index contributed by atoms with van der Waals surface area (Å²) in [5.41, 5.74) is 0.642. The van der Waals surface area contributed by atoms with E-state index in [2.05, 4.69) is 9.88 Å². The van der Waals surface area contributed by atoms with Gasteiger partial charge in [0, 0.05) is 0 Å². The van der Waals surface area contributed by atoms with Crippen LogP contribution in [0.15, 0.2) is 30.3 Å². The van der Waals surface area contributed by atoms with Crippen molar-refractivity contribution in [1.82, 2.24) is 0 Å². The third kappa shape index (κ3) is 3.74. The molecule has 1 heterocycles. The number of phenolic OH excluding ortho intramolecular Hbond substituents is 1. The maximum absolute atomic E-state index is 12.2. The molecule has 154 valence electrons. The lowest BCUT2D eigenvalue weighted by Crippen LogP contribution is -2.31. The number of methoxy groups -OCH3 is 1. The van der Waals surface area contributed by atoms with Gasteiger partial charge in [0.05, 0.1) is 18.1 Å². The first-order valence-corrected chi connectivity index (χ1v) is 8.57. The van der Waals surface area contributed by atoms with Gasteiger partial charge < -0.3 is 14.7 Å². The minimum atomic E-state index is -1.40. The van der Waals surface area contributed by atoms with E-state index in [0.717, 1.165) is 5.56 Å². The molecule has 10 heteroatoms. The van der Waals surface area contributed by atoms with E-state index >= 15 is 0 Å². The molecule has 1 aliphatic heterocycles. The summed E-state index contributed by atoms with van der Waals surface area (Å²) in [7, 11) is 1.53. The maximum atomic E-state index is 12.2. The number of rotatable bonds is 5. The van der Waals surface area contributed by atoms with Gasteiger partial charge in [0.2, 0.25) is 0 Å². The highest BCUT2D eigenvalue weighted by atomic mass is 17.3. The molecule has 0 radical (unpaired) electrons. The van der Waals surface area contributed by atoms with E-state index in [4.69, 9.17) is 14.5 Å². The topological polar surface area (TPSA) is 127 Å². The Labute approximate surface area is 165 Å². The minimum Gasteiger partial charge on any atom is -0.507 e. The summed E-state index contributed by atoms with van der Waals surface area (Å²) in [4.78, 5) is 41.3. The molecule has 1 N–H and O–H groups in total. The van der Waals surface area contributed by atoms with Gasteiger partial charge in [0.25, 0.3) is 0 Å². The zero-order valence-corrected chi connectivity index (χ0v) is 16.1. The molecule has 1 atom stereocenters. The summed E-state index contributed by atoms with van der Waals surface area (Å²) in [5, 5.41) is 19.8. The molecular weight excluding hydrogens is 386 g/mol. The Morgan fingerprint density at radius 2 is 2.00 bits per heavy atom. The van der Waals surface area contributed by atoms with Crippen LogP contribution in [0.5, 0.6) is 17.2 Å². The molecule has 0 amide bonds. The number of ether oxygens (including phenoxy) is 1. The molecule has 0 bridgehead atoms. The van der Waals surface area contributed by atoms with E-state index in [-0.39, 0.29) is 17.1 Å². The molecule has 10 nitrogen and oxygen atoms in total. The average molecular weight is 405 g/mol. The van der Waals surface area contributed by atoms with Crippen molar-refractivity contribution in [3.63, 3.8) is 0 Å². The molecule has 0 aromatic heterocycles. The molecule has 0 spiro atoms. The predicted molar refractivity (Wildman–Crippen MR) is 97.4 cm³/mol. The van der Waals surface area contributed by atoms with Crippen LogP contribution in [0.1, 0.15) is 38.0 Å². The van der Waals surface area contributed by atoms with E-state index in [9.17, 15) is 20.0 Å². The van der Waals surface area contributed by atoms with Crippen molar-refractivity contribution < 1.29 is 39.4 Å². The molecule has 2 aromatic rings. The van der Waals surface area contributed by atoms with Gasteiger partial charge in [-0.15, -0.1) is 10.1 Å². The highest BCUT2D eigenvalue weighted by Gasteiger charge is 2.36. The number of phenols is 1. The van der Waals surface area contributed by atoms with Gasteiger partial charge in [-0.2, -0.15) is 4.89 Å². The van der Waals surface area contributed by atoms with Crippen molar-refractivity contribution in [2.45, 2.75) is 32.3 Å². The van der Waals surface area contributed by atoms with Crippen LogP contribution in [0.2, 0.25) is 0 Å². The number of fused-ring (bicyclic) bond motifs is 3. The van der Waals surface area contributed by atoms with Crippen LogP contribution < -0.4 is 9.62 Å². The summed E-state index contributed by atoms with van der Waals surface area (Å²) in [6.45, 7) is 4.69. The summed E-state index contributed by atoms with van der Waals surface area (Å²) < 4.78 is 5.27. The average Bonchev–Trinajstić information content (AvgIpc) is 2.82. The van der Waals surface area contributed by atoms with Gasteiger partial charge >= 0.3 is 11.1 Å². The van der Waals surface area contributed by atoms with E-state index in [1.54, 1.807) is 25.1 Å². The van der Waals surface area contributed by atoms with Crippen LogP contribution in [-0.2, 0) is 25.0 Å². The Morgan fingerprint density at radius 1 is 1.28 bits per heavy atom. The Hall–Kier alpha value is -3.53. The zero-order chi connectivity index (χ0) is 21.3. The summed E-state index contributed by atoms with van der Waals surface area (Å²) in [6.07, 6.45) is -0.447. The van der Waals surface area contributed by atoms with Gasteiger partial charge in [-0.05, 0) is 61.7 Å². The Kier molecular flexibility index (Phi) is 5.21. The van der Waals surface area contributed by atoms with Crippen LogP contribution in [0.4, 0.5) is 0 Å². The first kappa shape index (κ1) is 20.2. The van der Waals surface area contributed by atoms with Crippen LogP contribution in [0.3, 0.4) is 0 Å². The van der Waals surface area contributed by atoms with E-state index < -0.39 is 22.6 Å². The molecule has 29 heavy (non-hydrogen) atoms. The molecule has 2 aromatic carbocycles. The number of hydrogen-bond acceptors (Lipinski definition) is 9. The molecular formula is C19H19NO9. The van der Waals surface area contributed by atoms with Crippen LogP contribution in [0.25, 0.3) is 11.1 Å². The van der Waals surface area contributed by atoms with Gasteiger partial charge in [-0.1, -0.05) is 11.1 Å². The fraction of sp³-hybridized carbons (Fsp3) is 0.316. The second-order valence-electron chi connectivity index (χ2n) is 6.94. The Bertz CT molecular complexity index is 970. The second-order valence-corrected chi connectivity index (χ2v) is 6.94. The molecule has 0 aliphatic carbocycles. The number of carbonyl (C=O) groups is 1. The van der Waals surface area contributed by atoms with Gasteiger partial charge in [-0.3, -0.25) is 4.89 Å². The first-order chi connectivity index (χ1) is 13.6. The molecule has 0 saturated carbocycles. The van der Waals surface area contributed by atoms with Crippen LogP contribution in [0, 0.1) is 10.1 Å². The monoisotopic (exact) mass is 405 g/mol. The number of benzene rings is 2. The fourth-order valence-corrected chi connectivity index (χ4v) is 2.99. The van der Waals surface area contributed by atoms with Crippen molar-refractivity contribution in [3.8, 4) is 28.4 Å². The summed E-state index contributed by atoms with van der Waals surface area (Å²) in [6, 6.07) is 8.16. The highest BCUT2D eigenvalue weighted by Crippen LogP contribution is 2.47. The van der Waals surface area contributed by atoms with Crippen molar-refractivity contribution in [2.24, 2.45) is 0 Å². The predicted octanol–water partition coefficient (Wildman–Crippen LogP) is 3.40. The van der Waals surface area contributed by atoms with Crippen molar-refractivity contribution in [3.05, 3.63) is 51.6 Å². The normalized spacial score (nSPS) is 15.2. The van der Waals surface area contributed by atoms with Crippen molar-refractivity contribution >= 4 is 5.97 Å². The second kappa shape index (κ2) is 7.47. The maximum Gasteiger partial charge on any atom is 0.353 e. The van der Waals surface area contributed by atoms with Crippen LogP contribution >= 0.6 is 0 Å². The SMILES string of the molecule is COc1ccc2c(c1)-c1c(O)cc(C(C)(C)C(=O)OO[N+](=O)[O-])cc1OOC2C. The molecule has 3 rings (SSSR count). The zero-order valence-electron chi connectivity index (χ0n) is 16.1. The smallest absolute Gasteiger partial charge is 0.353 e. The van der Waals surface area contributed by atoms with E-state index in [1.165, 1.54) is 33.1 Å². The van der Waals surface area contributed by atoms with Crippen LogP contribution in [-0.4, -0.2) is 23.3 Å². The molecule has 0 saturated heterocycles. The quantitative estimate of drug-likeness (QED) is 0.452. The first-order valence-electron chi connectivity index (χ1n) is 8.57. The van der Waals surface area contributed by atoms with E-state index in [0.29, 0.717) is 16.9 Å². The highest BCUT2D eigenvalue weighted by molar-refractivity contribution is 5.85. The summed E-state index contributed by atoms with van der Waals surface area (Å²) in [5.74, 6) is -0.470. The van der Waals surface area contributed by atoms with E-state index in [1.807, 2.05) is 0 Å². The number of hydrogen-bond donors (Lipinski definition) is 1. The van der Waals surface area contributed by atoms with Crippen molar-refractivity contribution in [2.75, 3.05) is 7.11 Å². The lowest BCUT2D eigenvalue weighted by Gasteiger charge is -2.23. The van der Waals surface area contributed by atoms with Crippen molar-refractivity contribution in [1.29, 1.82) is 0 Å². The lowest BCUT2D eigenvalue weighted by atomic mass is 9.83. The minimum absolute atomic E-state index is 0.162. The standard InChI is InChI=1S/C19H19NO9/c1-10-13-6-5-12(25-4)9-14(13)17-15(21)7-11(8-16(17)27-26-10)19(2,3)18(22)28-29-20(23)24/h5-10,21H,1-4H3. The number of aromatic hydroxyl groups is 1. The Morgan fingerprint density at radius 3 is 2.66 bits per heavy atom. The van der Waals surface area contributed by atoms with Gasteiger partial charge in [-0.25, -0.2) is 4.79 Å². The third-order valence-electron chi connectivity index (χ3n) is 4.74. The summed E-state index contributed by atoms with van der Waals surface area (Å²) >= 11 is 0. The molecule has 1 aliphatic rings. The third-order valence-corrected chi connectivity index (χ3v) is 4.74.